The Morgan fingerprint density at radius 2 is 1.68 bits per heavy atom. The molecule has 0 amide bonds. The molecule has 9 heteroatoms. The fourth-order valence-corrected chi connectivity index (χ4v) is 5.10. The smallest absolute Gasteiger partial charge is 0.266 e. The second-order valence-electron chi connectivity index (χ2n) is 9.44. The number of allylic oxidation sites excluding steroid dienone is 1. The number of hydrogen-bond acceptors (Lipinski definition) is 8. The fourth-order valence-electron chi connectivity index (χ4n) is 5.10. The molecular formula is C31H23N5O4. The largest absolute Gasteiger partial charge is 0.508 e. The Balaban J connectivity index is 1.62. The van der Waals surface area contributed by atoms with Crippen molar-refractivity contribution in [3.63, 3.8) is 0 Å². The molecule has 0 fully saturated rings. The molecule has 5 aromatic rings. The van der Waals surface area contributed by atoms with Crippen molar-refractivity contribution in [3.8, 4) is 23.4 Å². The molecule has 6 N–H and O–H groups in total. The molecule has 1 atom stereocenters. The number of phenols is 1. The van der Waals surface area contributed by atoms with Gasteiger partial charge in [-0.1, -0.05) is 54.6 Å². The Kier molecular flexibility index (Phi) is 5.85. The number of nitrogen functional groups attached to an aromatic ring is 2. The lowest BCUT2D eigenvalue weighted by Crippen LogP contribution is -2.27. The van der Waals surface area contributed by atoms with Gasteiger partial charge in [-0.15, -0.1) is 0 Å². The van der Waals surface area contributed by atoms with Crippen LogP contribution in [0.4, 0.5) is 11.5 Å². The number of aromatic nitrogens is 2. The van der Waals surface area contributed by atoms with E-state index in [4.69, 9.17) is 16.2 Å². The lowest BCUT2D eigenvalue weighted by Gasteiger charge is -2.27. The first kappa shape index (κ1) is 24.6. The van der Waals surface area contributed by atoms with E-state index in [9.17, 15) is 20.3 Å². The van der Waals surface area contributed by atoms with Gasteiger partial charge in [-0.3, -0.25) is 4.79 Å². The molecule has 2 aromatic heterocycles. The average molecular weight is 530 g/mol. The summed E-state index contributed by atoms with van der Waals surface area (Å²) in [6.07, 6.45) is 1.65. The van der Waals surface area contributed by atoms with E-state index >= 15 is 0 Å². The molecule has 1 aliphatic rings. The van der Waals surface area contributed by atoms with E-state index in [1.165, 1.54) is 12.1 Å². The minimum Gasteiger partial charge on any atom is -0.508 e. The number of nitrogens with two attached hydrogens (primary N) is 2. The second-order valence-corrected chi connectivity index (χ2v) is 9.44. The Bertz CT molecular complexity index is 1920. The summed E-state index contributed by atoms with van der Waals surface area (Å²) in [6.45, 7) is 0.266. The van der Waals surface area contributed by atoms with E-state index in [1.807, 2.05) is 36.4 Å². The van der Waals surface area contributed by atoms with Crippen molar-refractivity contribution in [2.45, 2.75) is 12.5 Å². The van der Waals surface area contributed by atoms with Gasteiger partial charge in [0, 0.05) is 11.3 Å². The van der Waals surface area contributed by atoms with Crippen molar-refractivity contribution >= 4 is 28.2 Å². The SMILES string of the molecule is N#Cc1c(N)nc2c(c1N)C(c1ccc(O)cc1)C=C(c1c(O)c3ccccc3n(Cc3ccccc3)c1=O)O2. The van der Waals surface area contributed by atoms with Gasteiger partial charge in [-0.25, -0.2) is 0 Å². The zero-order valence-corrected chi connectivity index (χ0v) is 21.1. The predicted octanol–water partition coefficient (Wildman–Crippen LogP) is 4.46. The van der Waals surface area contributed by atoms with Gasteiger partial charge in [-0.05, 0) is 41.5 Å². The Hall–Kier alpha value is -5.75. The molecule has 3 heterocycles. The van der Waals surface area contributed by atoms with Crippen LogP contribution in [0.2, 0.25) is 0 Å². The number of fused-ring (bicyclic) bond motifs is 2. The monoisotopic (exact) mass is 529 g/mol. The van der Waals surface area contributed by atoms with Crippen molar-refractivity contribution < 1.29 is 14.9 Å². The van der Waals surface area contributed by atoms with Crippen LogP contribution in [0.1, 0.15) is 33.7 Å². The number of hydrogen-bond donors (Lipinski definition) is 4. The number of para-hydroxylation sites is 1. The van der Waals surface area contributed by atoms with Gasteiger partial charge in [0.15, 0.2) is 0 Å². The summed E-state index contributed by atoms with van der Waals surface area (Å²) in [5, 5.41) is 31.4. The summed E-state index contributed by atoms with van der Waals surface area (Å²) in [5.74, 6) is -0.833. The third-order valence-electron chi connectivity index (χ3n) is 7.04. The number of anilines is 2. The van der Waals surface area contributed by atoms with Crippen molar-refractivity contribution in [2.75, 3.05) is 11.5 Å². The molecule has 0 radical (unpaired) electrons. The normalized spacial score (nSPS) is 14.2. The minimum absolute atomic E-state index is 0.0155. The highest BCUT2D eigenvalue weighted by Crippen LogP contribution is 2.46. The fraction of sp³-hybridized carbons (Fsp3) is 0.0645. The number of rotatable bonds is 4. The molecule has 196 valence electrons. The molecule has 1 unspecified atom stereocenters. The lowest BCUT2D eigenvalue weighted by molar-refractivity contribution is 0.449. The zero-order valence-electron chi connectivity index (χ0n) is 21.1. The van der Waals surface area contributed by atoms with Crippen LogP contribution in [-0.2, 0) is 6.54 Å². The molecule has 40 heavy (non-hydrogen) atoms. The van der Waals surface area contributed by atoms with E-state index in [2.05, 4.69) is 4.98 Å². The molecule has 9 nitrogen and oxygen atoms in total. The van der Waals surface area contributed by atoms with Crippen molar-refractivity contribution in [1.29, 1.82) is 5.26 Å². The van der Waals surface area contributed by atoms with Crippen LogP contribution < -0.4 is 21.8 Å². The number of benzene rings is 3. The van der Waals surface area contributed by atoms with E-state index in [0.717, 1.165) is 5.56 Å². The number of nitrogens with zero attached hydrogens (tertiary/aromatic N) is 3. The molecule has 3 aromatic carbocycles. The van der Waals surface area contributed by atoms with Gasteiger partial charge in [-0.2, -0.15) is 10.2 Å². The van der Waals surface area contributed by atoms with Crippen LogP contribution in [0.15, 0.2) is 89.7 Å². The molecule has 0 saturated carbocycles. The van der Waals surface area contributed by atoms with Crippen molar-refractivity contribution in [1.82, 2.24) is 9.55 Å². The van der Waals surface area contributed by atoms with Crippen LogP contribution in [0.5, 0.6) is 17.4 Å². The quantitative estimate of drug-likeness (QED) is 0.265. The highest BCUT2D eigenvalue weighted by molar-refractivity contribution is 5.91. The van der Waals surface area contributed by atoms with Gasteiger partial charge >= 0.3 is 0 Å². The third-order valence-corrected chi connectivity index (χ3v) is 7.04. The summed E-state index contributed by atoms with van der Waals surface area (Å²) < 4.78 is 7.72. The average Bonchev–Trinajstić information content (AvgIpc) is 2.96. The first-order chi connectivity index (χ1) is 19.4. The maximum absolute atomic E-state index is 14.1. The van der Waals surface area contributed by atoms with Crippen LogP contribution in [0.25, 0.3) is 16.7 Å². The second kappa shape index (κ2) is 9.53. The maximum atomic E-state index is 14.1. The lowest BCUT2D eigenvalue weighted by atomic mass is 9.87. The van der Waals surface area contributed by atoms with Gasteiger partial charge in [0.05, 0.1) is 23.3 Å². The molecule has 6 rings (SSSR count). The first-order valence-corrected chi connectivity index (χ1v) is 12.4. The number of phenolic OH excluding ortho intramolecular Hbond substituents is 1. The molecule has 0 bridgehead atoms. The van der Waals surface area contributed by atoms with E-state index < -0.39 is 11.5 Å². The summed E-state index contributed by atoms with van der Waals surface area (Å²) in [7, 11) is 0. The van der Waals surface area contributed by atoms with Crippen LogP contribution in [0.3, 0.4) is 0 Å². The van der Waals surface area contributed by atoms with Gasteiger partial charge < -0.3 is 31.0 Å². The van der Waals surface area contributed by atoms with Gasteiger partial charge in [0.1, 0.15) is 40.3 Å². The van der Waals surface area contributed by atoms with E-state index in [-0.39, 0.29) is 52.3 Å². The van der Waals surface area contributed by atoms with E-state index in [0.29, 0.717) is 22.0 Å². The van der Waals surface area contributed by atoms with Gasteiger partial charge in [0.25, 0.3) is 5.56 Å². The van der Waals surface area contributed by atoms with E-state index in [1.54, 1.807) is 47.0 Å². The molecular weight excluding hydrogens is 506 g/mol. The summed E-state index contributed by atoms with van der Waals surface area (Å²) >= 11 is 0. The van der Waals surface area contributed by atoms with Crippen molar-refractivity contribution in [3.05, 3.63) is 123 Å². The molecule has 0 aliphatic carbocycles. The Morgan fingerprint density at radius 1 is 0.975 bits per heavy atom. The number of pyridine rings is 2. The summed E-state index contributed by atoms with van der Waals surface area (Å²) in [4.78, 5) is 18.4. The first-order valence-electron chi connectivity index (χ1n) is 12.4. The predicted molar refractivity (Wildman–Crippen MR) is 152 cm³/mol. The topological polar surface area (TPSA) is 160 Å². The molecule has 1 aliphatic heterocycles. The standard InChI is InChI=1S/C31H23N5O4/c32-15-22-27(33)25-21(18-10-12-19(37)13-11-18)14-24(40-30(25)35-29(22)34)26-28(38)20-8-4-5-9-23(20)36(31(26)39)16-17-6-2-1-3-7-17/h1-14,21,37-38H,16H2,(H4,33,34,35). The number of aromatic hydroxyl groups is 2. The maximum Gasteiger partial charge on any atom is 0.266 e. The number of ether oxygens (including phenoxy) is 1. The minimum atomic E-state index is -0.632. The van der Waals surface area contributed by atoms with Crippen LogP contribution >= 0.6 is 0 Å². The van der Waals surface area contributed by atoms with Crippen molar-refractivity contribution in [2.24, 2.45) is 0 Å². The molecule has 0 saturated heterocycles. The summed E-state index contributed by atoms with van der Waals surface area (Å²) in [5.41, 5.74) is 14.6. The van der Waals surface area contributed by atoms with Crippen LogP contribution in [-0.4, -0.2) is 19.8 Å². The number of nitriles is 1. The Labute approximate surface area is 228 Å². The third kappa shape index (κ3) is 3.95. The summed E-state index contributed by atoms with van der Waals surface area (Å²) in [6, 6.07) is 25.0. The highest BCUT2D eigenvalue weighted by atomic mass is 16.5. The van der Waals surface area contributed by atoms with Gasteiger partial charge in [0.2, 0.25) is 5.88 Å². The zero-order chi connectivity index (χ0) is 28.0. The highest BCUT2D eigenvalue weighted by Gasteiger charge is 2.33. The van der Waals surface area contributed by atoms with Crippen LogP contribution in [0, 0.1) is 11.3 Å². The molecule has 0 spiro atoms. The Morgan fingerprint density at radius 3 is 2.40 bits per heavy atom.